The number of hydrogen-bond donors (Lipinski definition) is 1. The minimum absolute atomic E-state index is 0.110. The van der Waals surface area contributed by atoms with E-state index in [1.54, 1.807) is 23.1 Å². The number of carbonyl (C=O) groups excluding carboxylic acids is 2. The van der Waals surface area contributed by atoms with E-state index in [4.69, 9.17) is 4.74 Å². The molecule has 2 amide bonds. The quantitative estimate of drug-likeness (QED) is 0.303. The van der Waals surface area contributed by atoms with Crippen molar-refractivity contribution in [3.05, 3.63) is 99.8 Å². The number of rotatable bonds is 10. The van der Waals surface area contributed by atoms with E-state index in [9.17, 15) is 14.0 Å². The van der Waals surface area contributed by atoms with Crippen molar-refractivity contribution >= 4 is 27.7 Å². The summed E-state index contributed by atoms with van der Waals surface area (Å²) in [6.07, 6.45) is 5.62. The molecule has 38 heavy (non-hydrogen) atoms. The molecule has 5 nitrogen and oxygen atoms in total. The van der Waals surface area contributed by atoms with Gasteiger partial charge in [0, 0.05) is 23.5 Å². The molecule has 0 radical (unpaired) electrons. The van der Waals surface area contributed by atoms with Crippen molar-refractivity contribution in [2.24, 2.45) is 0 Å². The van der Waals surface area contributed by atoms with Crippen molar-refractivity contribution in [1.29, 1.82) is 0 Å². The van der Waals surface area contributed by atoms with E-state index >= 15 is 0 Å². The third-order valence-electron chi connectivity index (χ3n) is 6.98. The lowest BCUT2D eigenvalue weighted by atomic mass is 9.94. The molecule has 7 heteroatoms. The first-order chi connectivity index (χ1) is 18.4. The monoisotopic (exact) mass is 580 g/mol. The molecule has 0 bridgehead atoms. The molecule has 0 aromatic heterocycles. The third kappa shape index (κ3) is 7.90. The molecule has 1 aliphatic rings. The van der Waals surface area contributed by atoms with Crippen molar-refractivity contribution in [3.63, 3.8) is 0 Å². The van der Waals surface area contributed by atoms with Crippen molar-refractivity contribution in [1.82, 2.24) is 10.2 Å². The standard InChI is InChI=1S/C31H34BrFN2O3/c1-22-18-27(16-17-28(22)32)38-21-30(36)35(20-24-12-14-25(33)15-13-24)29(19-23-8-4-2-5-9-23)31(37)34-26-10-6-3-7-11-26/h2,4-5,8-9,12-18,26,29H,3,6-7,10-11,19-21H2,1H3,(H,34,37)/t29-/m0/s1. The van der Waals surface area contributed by atoms with E-state index in [1.807, 2.05) is 49.4 Å². The van der Waals surface area contributed by atoms with Crippen LogP contribution in [0.25, 0.3) is 0 Å². The fraction of sp³-hybridized carbons (Fsp3) is 0.355. The molecule has 1 N–H and O–H groups in total. The number of hydrogen-bond acceptors (Lipinski definition) is 3. The summed E-state index contributed by atoms with van der Waals surface area (Å²) in [5, 5.41) is 3.22. The van der Waals surface area contributed by atoms with Crippen LogP contribution in [0.4, 0.5) is 4.39 Å². The summed E-state index contributed by atoms with van der Waals surface area (Å²) in [7, 11) is 0. The van der Waals surface area contributed by atoms with Crippen LogP contribution in [0.1, 0.15) is 48.8 Å². The number of benzene rings is 3. The molecule has 0 unspecified atom stereocenters. The van der Waals surface area contributed by atoms with Crippen LogP contribution in [-0.4, -0.2) is 35.4 Å². The van der Waals surface area contributed by atoms with Gasteiger partial charge >= 0.3 is 0 Å². The lowest BCUT2D eigenvalue weighted by Crippen LogP contribution is -2.53. The van der Waals surface area contributed by atoms with Crippen LogP contribution in [0.3, 0.4) is 0 Å². The zero-order valence-corrected chi connectivity index (χ0v) is 23.3. The second kappa shape index (κ2) is 13.6. The lowest BCUT2D eigenvalue weighted by Gasteiger charge is -2.33. The maximum atomic E-state index is 13.8. The highest BCUT2D eigenvalue weighted by molar-refractivity contribution is 9.10. The first-order valence-electron chi connectivity index (χ1n) is 13.2. The van der Waals surface area contributed by atoms with E-state index < -0.39 is 6.04 Å². The Balaban J connectivity index is 1.60. The molecule has 3 aromatic rings. The summed E-state index contributed by atoms with van der Waals surface area (Å²) < 4.78 is 20.4. The lowest BCUT2D eigenvalue weighted by molar-refractivity contribution is -0.143. The fourth-order valence-corrected chi connectivity index (χ4v) is 5.07. The normalized spacial score (nSPS) is 14.5. The molecule has 3 aromatic carbocycles. The summed E-state index contributed by atoms with van der Waals surface area (Å²) in [6.45, 7) is 1.90. The molecule has 1 aliphatic carbocycles. The van der Waals surface area contributed by atoms with Gasteiger partial charge in [-0.05, 0) is 66.8 Å². The molecule has 1 fully saturated rings. The third-order valence-corrected chi connectivity index (χ3v) is 7.87. The molecule has 0 heterocycles. The molecular formula is C31H34BrFN2O3. The average Bonchev–Trinajstić information content (AvgIpc) is 2.93. The van der Waals surface area contributed by atoms with E-state index in [2.05, 4.69) is 21.2 Å². The predicted octanol–water partition coefficient (Wildman–Crippen LogP) is 6.36. The smallest absolute Gasteiger partial charge is 0.261 e. The van der Waals surface area contributed by atoms with Gasteiger partial charge in [-0.15, -0.1) is 0 Å². The largest absolute Gasteiger partial charge is 0.484 e. The van der Waals surface area contributed by atoms with Gasteiger partial charge in [-0.2, -0.15) is 0 Å². The average molecular weight is 582 g/mol. The van der Waals surface area contributed by atoms with E-state index in [0.29, 0.717) is 12.2 Å². The van der Waals surface area contributed by atoms with Crippen LogP contribution >= 0.6 is 15.9 Å². The number of halogens is 2. The fourth-order valence-electron chi connectivity index (χ4n) is 4.82. The van der Waals surface area contributed by atoms with Crippen LogP contribution in [0.5, 0.6) is 5.75 Å². The summed E-state index contributed by atoms with van der Waals surface area (Å²) in [6, 6.07) is 20.6. The molecule has 4 rings (SSSR count). The topological polar surface area (TPSA) is 58.6 Å². The second-order valence-electron chi connectivity index (χ2n) is 9.90. The summed E-state index contributed by atoms with van der Waals surface area (Å²) >= 11 is 3.48. The minimum atomic E-state index is -0.743. The van der Waals surface area contributed by atoms with E-state index in [0.717, 1.165) is 46.8 Å². The molecule has 200 valence electrons. The van der Waals surface area contributed by atoms with Crippen molar-refractivity contribution < 1.29 is 18.7 Å². The highest BCUT2D eigenvalue weighted by Gasteiger charge is 2.32. The zero-order chi connectivity index (χ0) is 26.9. The van der Waals surface area contributed by atoms with Gasteiger partial charge in [-0.25, -0.2) is 4.39 Å². The number of carbonyl (C=O) groups is 2. The minimum Gasteiger partial charge on any atom is -0.484 e. The van der Waals surface area contributed by atoms with Crippen LogP contribution < -0.4 is 10.1 Å². The molecule has 0 spiro atoms. The van der Waals surface area contributed by atoms with Gasteiger partial charge in [0.15, 0.2) is 6.61 Å². The number of amides is 2. The highest BCUT2D eigenvalue weighted by atomic mass is 79.9. The van der Waals surface area contributed by atoms with Gasteiger partial charge in [0.05, 0.1) is 0 Å². The summed E-state index contributed by atoms with van der Waals surface area (Å²) in [5.41, 5.74) is 2.69. The van der Waals surface area contributed by atoms with E-state index in [-0.39, 0.29) is 36.8 Å². The summed E-state index contributed by atoms with van der Waals surface area (Å²) in [4.78, 5) is 29.0. The number of nitrogens with one attached hydrogen (secondary N) is 1. The first kappa shape index (κ1) is 27.8. The van der Waals surface area contributed by atoms with Gasteiger partial charge in [0.2, 0.25) is 5.91 Å². The van der Waals surface area contributed by atoms with Crippen LogP contribution in [0.2, 0.25) is 0 Å². The molecule has 0 saturated heterocycles. The van der Waals surface area contributed by atoms with Gasteiger partial charge in [0.25, 0.3) is 5.91 Å². The molecule has 1 atom stereocenters. The molecular weight excluding hydrogens is 547 g/mol. The number of ether oxygens (including phenoxy) is 1. The Morgan fingerprint density at radius 2 is 1.71 bits per heavy atom. The number of aryl methyl sites for hydroxylation is 1. The van der Waals surface area contributed by atoms with Gasteiger partial charge in [-0.1, -0.05) is 77.7 Å². The van der Waals surface area contributed by atoms with Crippen LogP contribution in [0, 0.1) is 12.7 Å². The second-order valence-corrected chi connectivity index (χ2v) is 10.8. The first-order valence-corrected chi connectivity index (χ1v) is 14.0. The predicted molar refractivity (Wildman–Crippen MR) is 150 cm³/mol. The highest BCUT2D eigenvalue weighted by Crippen LogP contribution is 2.23. The van der Waals surface area contributed by atoms with Crippen LogP contribution in [-0.2, 0) is 22.6 Å². The Morgan fingerprint density at radius 1 is 1.00 bits per heavy atom. The Morgan fingerprint density at radius 3 is 2.39 bits per heavy atom. The summed E-state index contributed by atoms with van der Waals surface area (Å²) in [5.74, 6) is -0.256. The molecule has 1 saturated carbocycles. The maximum Gasteiger partial charge on any atom is 0.261 e. The van der Waals surface area contributed by atoms with Crippen LogP contribution in [0.15, 0.2) is 77.3 Å². The Hall–Kier alpha value is -3.19. The van der Waals surface area contributed by atoms with E-state index in [1.165, 1.54) is 18.6 Å². The van der Waals surface area contributed by atoms with Gasteiger partial charge in [-0.3, -0.25) is 9.59 Å². The number of nitrogens with zero attached hydrogens (tertiary/aromatic N) is 1. The maximum absolute atomic E-state index is 13.8. The Labute approximate surface area is 232 Å². The van der Waals surface area contributed by atoms with Gasteiger partial charge in [0.1, 0.15) is 17.6 Å². The zero-order valence-electron chi connectivity index (χ0n) is 21.7. The van der Waals surface area contributed by atoms with Crippen molar-refractivity contribution in [3.8, 4) is 5.75 Å². The SMILES string of the molecule is Cc1cc(OCC(=O)N(Cc2ccc(F)cc2)[C@@H](Cc2ccccc2)C(=O)NC2CCCCC2)ccc1Br. The van der Waals surface area contributed by atoms with Crippen molar-refractivity contribution in [2.75, 3.05) is 6.61 Å². The van der Waals surface area contributed by atoms with Crippen molar-refractivity contribution in [2.45, 2.75) is 64.1 Å². The molecule has 0 aliphatic heterocycles. The van der Waals surface area contributed by atoms with Gasteiger partial charge < -0.3 is 15.0 Å². The Kier molecular flexibility index (Phi) is 9.93. The Bertz CT molecular complexity index is 1210.